The molecule has 1 aromatic carbocycles. The number of aromatic amines is 1. The van der Waals surface area contributed by atoms with Gasteiger partial charge >= 0.3 is 0 Å². The zero-order chi connectivity index (χ0) is 14.3. The third-order valence-corrected chi connectivity index (χ3v) is 5.08. The molecule has 3 aromatic rings. The molecule has 0 saturated carbocycles. The molecule has 0 spiro atoms. The summed E-state index contributed by atoms with van der Waals surface area (Å²) in [6.07, 6.45) is 0.911. The molecular weight excluding hydrogens is 359 g/mol. The highest BCUT2D eigenvalue weighted by molar-refractivity contribution is 9.10. The topological polar surface area (TPSA) is 20.7 Å². The first-order valence-electron chi connectivity index (χ1n) is 6.18. The largest absolute Gasteiger partial charge is 0.330 e. The number of fused-ring (bicyclic) bond motifs is 1. The third kappa shape index (κ3) is 2.47. The normalized spacial score (nSPS) is 12.9. The summed E-state index contributed by atoms with van der Waals surface area (Å²) in [7, 11) is 0. The quantitative estimate of drug-likeness (QED) is 0.606. The van der Waals surface area contributed by atoms with Crippen LogP contribution in [0.2, 0.25) is 0 Å². The van der Waals surface area contributed by atoms with Crippen molar-refractivity contribution in [2.24, 2.45) is 0 Å². The fourth-order valence-electron chi connectivity index (χ4n) is 2.37. The molecule has 0 aliphatic rings. The highest BCUT2D eigenvalue weighted by atomic mass is 79.9. The van der Waals surface area contributed by atoms with Crippen LogP contribution in [-0.2, 0) is 6.42 Å². The SMILES string of the molecule is CC(Cc1cccs1)n1c(=S)[nH]c2cc(F)c(Br)cc21. The maximum absolute atomic E-state index is 13.6. The third-order valence-electron chi connectivity index (χ3n) is 3.28. The summed E-state index contributed by atoms with van der Waals surface area (Å²) in [5.41, 5.74) is 1.65. The van der Waals surface area contributed by atoms with E-state index in [1.54, 1.807) is 17.4 Å². The molecule has 0 bridgehead atoms. The molecule has 0 fully saturated rings. The van der Waals surface area contributed by atoms with Crippen molar-refractivity contribution < 1.29 is 4.39 Å². The molecular formula is C14H12BrFN2S2. The number of rotatable bonds is 3. The second-order valence-electron chi connectivity index (χ2n) is 4.72. The lowest BCUT2D eigenvalue weighted by molar-refractivity contribution is 0.556. The van der Waals surface area contributed by atoms with Crippen LogP contribution in [0.5, 0.6) is 0 Å². The second-order valence-corrected chi connectivity index (χ2v) is 6.99. The Hall–Kier alpha value is -0.980. The Morgan fingerprint density at radius 3 is 3.00 bits per heavy atom. The van der Waals surface area contributed by atoms with E-state index in [2.05, 4.69) is 43.9 Å². The Balaban J connectivity index is 2.08. The lowest BCUT2D eigenvalue weighted by Crippen LogP contribution is -2.07. The number of nitrogens with zero attached hydrogens (tertiary/aromatic N) is 1. The zero-order valence-corrected chi connectivity index (χ0v) is 13.9. The van der Waals surface area contributed by atoms with Crippen LogP contribution in [0, 0.1) is 10.6 Å². The van der Waals surface area contributed by atoms with Crippen molar-refractivity contribution in [3.05, 3.63) is 49.6 Å². The van der Waals surface area contributed by atoms with E-state index in [1.807, 2.05) is 6.07 Å². The molecule has 2 aromatic heterocycles. The molecule has 0 radical (unpaired) electrons. The summed E-state index contributed by atoms with van der Waals surface area (Å²) >= 11 is 10.4. The van der Waals surface area contributed by atoms with Crippen molar-refractivity contribution in [2.45, 2.75) is 19.4 Å². The van der Waals surface area contributed by atoms with E-state index in [0.717, 1.165) is 17.5 Å². The molecule has 3 rings (SSSR count). The summed E-state index contributed by atoms with van der Waals surface area (Å²) in [5.74, 6) is -0.285. The lowest BCUT2D eigenvalue weighted by Gasteiger charge is -2.14. The summed E-state index contributed by atoms with van der Waals surface area (Å²) in [6, 6.07) is 7.64. The summed E-state index contributed by atoms with van der Waals surface area (Å²) in [5, 5.41) is 2.07. The zero-order valence-electron chi connectivity index (χ0n) is 10.7. The number of nitrogens with one attached hydrogen (secondary N) is 1. The Morgan fingerprint density at radius 1 is 1.50 bits per heavy atom. The number of halogens is 2. The fourth-order valence-corrected chi connectivity index (χ4v) is 3.92. The smallest absolute Gasteiger partial charge is 0.178 e. The van der Waals surface area contributed by atoms with Gasteiger partial charge in [-0.25, -0.2) is 4.39 Å². The van der Waals surface area contributed by atoms with E-state index in [1.165, 1.54) is 10.9 Å². The first kappa shape index (κ1) is 14.0. The summed E-state index contributed by atoms with van der Waals surface area (Å²) < 4.78 is 16.7. The number of hydrogen-bond acceptors (Lipinski definition) is 2. The minimum absolute atomic E-state index is 0.215. The predicted octanol–water partition coefficient (Wildman–Crippen LogP) is 5.47. The first-order chi connectivity index (χ1) is 9.56. The second kappa shape index (κ2) is 5.42. The number of H-pyrrole nitrogens is 1. The van der Waals surface area contributed by atoms with Crippen LogP contribution in [0.15, 0.2) is 34.1 Å². The molecule has 104 valence electrons. The van der Waals surface area contributed by atoms with Crippen molar-refractivity contribution in [2.75, 3.05) is 0 Å². The van der Waals surface area contributed by atoms with Gasteiger partial charge in [0.05, 0.1) is 15.5 Å². The van der Waals surface area contributed by atoms with Crippen LogP contribution in [-0.4, -0.2) is 9.55 Å². The van der Waals surface area contributed by atoms with Crippen molar-refractivity contribution in [1.82, 2.24) is 9.55 Å². The van der Waals surface area contributed by atoms with Crippen LogP contribution in [0.1, 0.15) is 17.8 Å². The molecule has 1 unspecified atom stereocenters. The Labute approximate surface area is 133 Å². The van der Waals surface area contributed by atoms with Crippen LogP contribution >= 0.6 is 39.5 Å². The van der Waals surface area contributed by atoms with E-state index in [-0.39, 0.29) is 11.9 Å². The number of hydrogen-bond donors (Lipinski definition) is 1. The van der Waals surface area contributed by atoms with Gasteiger partial charge in [0.2, 0.25) is 0 Å². The average Bonchev–Trinajstić information content (AvgIpc) is 2.97. The molecule has 1 atom stereocenters. The molecule has 20 heavy (non-hydrogen) atoms. The Morgan fingerprint density at radius 2 is 2.30 bits per heavy atom. The number of aromatic nitrogens is 2. The number of benzene rings is 1. The first-order valence-corrected chi connectivity index (χ1v) is 8.26. The molecule has 0 amide bonds. The highest BCUT2D eigenvalue weighted by Crippen LogP contribution is 2.27. The minimum atomic E-state index is -0.285. The van der Waals surface area contributed by atoms with Crippen molar-refractivity contribution in [3.8, 4) is 0 Å². The van der Waals surface area contributed by atoms with E-state index >= 15 is 0 Å². The van der Waals surface area contributed by atoms with Crippen molar-refractivity contribution in [3.63, 3.8) is 0 Å². The molecule has 0 saturated heterocycles. The summed E-state index contributed by atoms with van der Waals surface area (Å²) in [6.45, 7) is 2.13. The van der Waals surface area contributed by atoms with Crippen LogP contribution in [0.3, 0.4) is 0 Å². The van der Waals surface area contributed by atoms with Gasteiger partial charge in [0.1, 0.15) is 5.82 Å². The van der Waals surface area contributed by atoms with Crippen molar-refractivity contribution >= 4 is 50.5 Å². The van der Waals surface area contributed by atoms with Gasteiger partial charge in [-0.2, -0.15) is 0 Å². The Kier molecular flexibility index (Phi) is 3.79. The standard InChI is InChI=1S/C14H12BrFN2S2/c1-8(5-9-3-2-4-20-9)18-13-6-10(15)11(16)7-12(13)17-14(18)19/h2-4,6-8H,5H2,1H3,(H,17,19). The molecule has 6 heteroatoms. The summed E-state index contributed by atoms with van der Waals surface area (Å²) in [4.78, 5) is 4.39. The monoisotopic (exact) mass is 370 g/mol. The molecule has 0 aliphatic carbocycles. The molecule has 1 N–H and O–H groups in total. The van der Waals surface area contributed by atoms with Gasteiger partial charge in [0, 0.05) is 23.4 Å². The van der Waals surface area contributed by atoms with E-state index in [9.17, 15) is 4.39 Å². The highest BCUT2D eigenvalue weighted by Gasteiger charge is 2.14. The minimum Gasteiger partial charge on any atom is -0.330 e. The number of imidazole rings is 1. The predicted molar refractivity (Wildman–Crippen MR) is 87.5 cm³/mol. The van der Waals surface area contributed by atoms with Gasteiger partial charge in [0.25, 0.3) is 0 Å². The molecule has 2 heterocycles. The van der Waals surface area contributed by atoms with E-state index < -0.39 is 0 Å². The molecule has 2 nitrogen and oxygen atoms in total. The van der Waals surface area contributed by atoms with Gasteiger partial charge < -0.3 is 9.55 Å². The lowest BCUT2D eigenvalue weighted by atomic mass is 10.2. The number of thiophene rings is 1. The van der Waals surface area contributed by atoms with E-state index in [0.29, 0.717) is 9.24 Å². The molecule has 0 aliphatic heterocycles. The van der Waals surface area contributed by atoms with Gasteiger partial charge in [-0.05, 0) is 52.6 Å². The maximum Gasteiger partial charge on any atom is 0.178 e. The fraction of sp³-hybridized carbons (Fsp3) is 0.214. The average molecular weight is 371 g/mol. The van der Waals surface area contributed by atoms with Gasteiger partial charge in [-0.1, -0.05) is 6.07 Å². The van der Waals surface area contributed by atoms with Crippen LogP contribution in [0.25, 0.3) is 11.0 Å². The van der Waals surface area contributed by atoms with Crippen LogP contribution < -0.4 is 0 Å². The van der Waals surface area contributed by atoms with Gasteiger partial charge in [-0.15, -0.1) is 11.3 Å². The van der Waals surface area contributed by atoms with Crippen molar-refractivity contribution in [1.29, 1.82) is 0 Å². The Bertz CT molecular complexity index is 805. The van der Waals surface area contributed by atoms with Gasteiger partial charge in [-0.3, -0.25) is 0 Å². The maximum atomic E-state index is 13.6. The van der Waals surface area contributed by atoms with Crippen LogP contribution in [0.4, 0.5) is 4.39 Å². The van der Waals surface area contributed by atoms with Gasteiger partial charge in [0.15, 0.2) is 4.77 Å². The van der Waals surface area contributed by atoms with E-state index in [4.69, 9.17) is 12.2 Å².